The van der Waals surface area contributed by atoms with Gasteiger partial charge in [0, 0.05) is 13.2 Å². The first-order chi connectivity index (χ1) is 9.60. The fourth-order valence-electron chi connectivity index (χ4n) is 3.62. The number of nitrogens with zero attached hydrogens (tertiary/aromatic N) is 1. The molecular weight excluding hydrogens is 256 g/mol. The first-order valence-corrected chi connectivity index (χ1v) is 7.84. The second-order valence-electron chi connectivity index (χ2n) is 6.28. The zero-order valence-electron chi connectivity index (χ0n) is 12.4. The molecule has 2 atom stereocenters. The zero-order valence-corrected chi connectivity index (χ0v) is 12.4. The Kier molecular flexibility index (Phi) is 5.02. The molecule has 20 heavy (non-hydrogen) atoms. The number of amides is 3. The third kappa shape index (κ3) is 2.97. The summed E-state index contributed by atoms with van der Waals surface area (Å²) in [5.74, 6) is 0.404. The highest BCUT2D eigenvalue weighted by molar-refractivity contribution is 6.07. The molecule has 1 saturated heterocycles. The quantitative estimate of drug-likeness (QED) is 0.578. The number of urea groups is 1. The van der Waals surface area contributed by atoms with Crippen molar-refractivity contribution in [3.05, 3.63) is 0 Å². The molecule has 114 valence electrons. The van der Waals surface area contributed by atoms with Crippen molar-refractivity contribution in [1.29, 1.82) is 0 Å². The highest BCUT2D eigenvalue weighted by atomic mass is 16.3. The molecule has 2 N–H and O–H groups in total. The van der Waals surface area contributed by atoms with E-state index in [0.717, 1.165) is 51.4 Å². The second kappa shape index (κ2) is 6.57. The number of hydrogen-bond acceptors (Lipinski definition) is 3. The van der Waals surface area contributed by atoms with Crippen LogP contribution in [0.4, 0.5) is 4.79 Å². The maximum atomic E-state index is 12.2. The lowest BCUT2D eigenvalue weighted by molar-refractivity contribution is -0.129. The molecule has 2 unspecified atom stereocenters. The number of aliphatic hydroxyl groups excluding tert-OH is 1. The largest absolute Gasteiger partial charge is 0.396 e. The maximum absolute atomic E-state index is 12.2. The van der Waals surface area contributed by atoms with Crippen LogP contribution in [0.15, 0.2) is 0 Å². The summed E-state index contributed by atoms with van der Waals surface area (Å²) in [7, 11) is 0. The van der Waals surface area contributed by atoms with Crippen LogP contribution in [-0.4, -0.2) is 40.6 Å². The Labute approximate surface area is 120 Å². The van der Waals surface area contributed by atoms with Gasteiger partial charge in [-0.15, -0.1) is 0 Å². The van der Waals surface area contributed by atoms with E-state index in [2.05, 4.69) is 12.2 Å². The number of unbranched alkanes of at least 4 members (excludes halogenated alkanes) is 3. The average Bonchev–Trinajstić information content (AvgIpc) is 2.62. The molecule has 1 aliphatic carbocycles. The fraction of sp³-hybridized carbons (Fsp3) is 0.867. The van der Waals surface area contributed by atoms with E-state index >= 15 is 0 Å². The Morgan fingerprint density at radius 1 is 1.30 bits per heavy atom. The first kappa shape index (κ1) is 15.3. The topological polar surface area (TPSA) is 69.6 Å². The summed E-state index contributed by atoms with van der Waals surface area (Å²) >= 11 is 0. The number of aliphatic hydroxyl groups is 1. The number of carbonyl (C=O) groups excluding carboxylic acids is 2. The third-order valence-corrected chi connectivity index (χ3v) is 4.67. The number of imide groups is 1. The summed E-state index contributed by atoms with van der Waals surface area (Å²) in [6.07, 6.45) is 7.43. The first-order valence-electron chi connectivity index (χ1n) is 7.84. The number of hydrogen-bond donors (Lipinski definition) is 2. The van der Waals surface area contributed by atoms with E-state index in [0.29, 0.717) is 12.5 Å². The Bertz CT molecular complexity index is 372. The van der Waals surface area contributed by atoms with E-state index in [9.17, 15) is 9.59 Å². The molecular formula is C15H26N2O3. The molecule has 1 heterocycles. The summed E-state index contributed by atoms with van der Waals surface area (Å²) in [6.45, 7) is 3.04. The van der Waals surface area contributed by atoms with Crippen molar-refractivity contribution in [3.8, 4) is 0 Å². The average molecular weight is 282 g/mol. The van der Waals surface area contributed by atoms with Crippen molar-refractivity contribution >= 4 is 11.9 Å². The van der Waals surface area contributed by atoms with Gasteiger partial charge in [0.05, 0.1) is 0 Å². The van der Waals surface area contributed by atoms with Crippen LogP contribution in [0.1, 0.15) is 58.3 Å². The molecule has 5 heteroatoms. The summed E-state index contributed by atoms with van der Waals surface area (Å²) in [5.41, 5.74) is -0.578. The van der Waals surface area contributed by atoms with Crippen molar-refractivity contribution in [2.75, 3.05) is 13.2 Å². The van der Waals surface area contributed by atoms with Crippen molar-refractivity contribution in [3.63, 3.8) is 0 Å². The van der Waals surface area contributed by atoms with Gasteiger partial charge in [0.2, 0.25) is 0 Å². The molecule has 0 bridgehead atoms. The van der Waals surface area contributed by atoms with Crippen molar-refractivity contribution < 1.29 is 14.7 Å². The summed E-state index contributed by atoms with van der Waals surface area (Å²) in [4.78, 5) is 26.1. The van der Waals surface area contributed by atoms with Gasteiger partial charge in [-0.1, -0.05) is 32.6 Å². The second-order valence-corrected chi connectivity index (χ2v) is 6.28. The monoisotopic (exact) mass is 282 g/mol. The smallest absolute Gasteiger partial charge is 0.325 e. The van der Waals surface area contributed by atoms with E-state index in [1.807, 2.05) is 0 Å². The molecule has 2 fully saturated rings. The van der Waals surface area contributed by atoms with E-state index in [1.54, 1.807) is 4.90 Å². The molecule has 0 aromatic rings. The van der Waals surface area contributed by atoms with Crippen LogP contribution in [0.5, 0.6) is 0 Å². The van der Waals surface area contributed by atoms with Crippen molar-refractivity contribution in [2.45, 2.75) is 63.8 Å². The number of carbonyl (C=O) groups is 2. The predicted molar refractivity (Wildman–Crippen MR) is 76.2 cm³/mol. The summed E-state index contributed by atoms with van der Waals surface area (Å²) in [5, 5.41) is 11.3. The van der Waals surface area contributed by atoms with Gasteiger partial charge in [-0.25, -0.2) is 4.79 Å². The molecule has 2 rings (SSSR count). The highest BCUT2D eigenvalue weighted by Crippen LogP contribution is 2.39. The van der Waals surface area contributed by atoms with Crippen molar-refractivity contribution in [2.24, 2.45) is 5.92 Å². The Morgan fingerprint density at radius 3 is 2.75 bits per heavy atom. The van der Waals surface area contributed by atoms with E-state index < -0.39 is 5.54 Å². The lowest BCUT2D eigenvalue weighted by Gasteiger charge is -2.40. The molecule has 1 aliphatic heterocycles. The van der Waals surface area contributed by atoms with Crippen LogP contribution in [0, 0.1) is 5.92 Å². The van der Waals surface area contributed by atoms with Gasteiger partial charge in [0.25, 0.3) is 5.91 Å². The number of nitrogens with one attached hydrogen (secondary N) is 1. The van der Waals surface area contributed by atoms with Gasteiger partial charge in [-0.2, -0.15) is 0 Å². The van der Waals surface area contributed by atoms with Crippen LogP contribution >= 0.6 is 0 Å². The minimum Gasteiger partial charge on any atom is -0.396 e. The molecule has 0 aromatic carbocycles. The Morgan fingerprint density at radius 2 is 2.05 bits per heavy atom. The third-order valence-electron chi connectivity index (χ3n) is 4.67. The Hall–Kier alpha value is -1.10. The molecule has 1 saturated carbocycles. The van der Waals surface area contributed by atoms with Gasteiger partial charge in [0.15, 0.2) is 0 Å². The standard InChI is InChI=1S/C15H26N2O3/c1-12-7-6-8-15(11-12)13(19)16-14(20)17(15)9-4-2-3-5-10-18/h12,18H,2-11H2,1H3,(H,16,19,20). The van der Waals surface area contributed by atoms with Crippen LogP contribution < -0.4 is 5.32 Å². The van der Waals surface area contributed by atoms with Crippen LogP contribution in [-0.2, 0) is 4.79 Å². The van der Waals surface area contributed by atoms with E-state index in [1.165, 1.54) is 0 Å². The van der Waals surface area contributed by atoms with Gasteiger partial charge >= 0.3 is 6.03 Å². The SMILES string of the molecule is CC1CCCC2(C1)C(=O)NC(=O)N2CCCCCCO. The minimum atomic E-state index is -0.578. The highest BCUT2D eigenvalue weighted by Gasteiger charge is 2.53. The van der Waals surface area contributed by atoms with Gasteiger partial charge in [-0.05, 0) is 31.6 Å². The predicted octanol–water partition coefficient (Wildman–Crippen LogP) is 2.04. The van der Waals surface area contributed by atoms with E-state index in [4.69, 9.17) is 5.11 Å². The molecule has 0 aromatic heterocycles. The molecule has 5 nitrogen and oxygen atoms in total. The Balaban J connectivity index is 1.97. The lowest BCUT2D eigenvalue weighted by atomic mass is 9.75. The summed E-state index contributed by atoms with van der Waals surface area (Å²) < 4.78 is 0. The molecule has 2 aliphatic rings. The van der Waals surface area contributed by atoms with Crippen LogP contribution in [0.3, 0.4) is 0 Å². The van der Waals surface area contributed by atoms with Crippen molar-refractivity contribution in [1.82, 2.24) is 10.2 Å². The van der Waals surface area contributed by atoms with Gasteiger partial charge < -0.3 is 10.0 Å². The fourth-order valence-corrected chi connectivity index (χ4v) is 3.62. The maximum Gasteiger partial charge on any atom is 0.325 e. The number of rotatable bonds is 6. The lowest BCUT2D eigenvalue weighted by Crippen LogP contribution is -2.52. The van der Waals surface area contributed by atoms with Gasteiger partial charge in [-0.3, -0.25) is 10.1 Å². The molecule has 1 spiro atoms. The van der Waals surface area contributed by atoms with Gasteiger partial charge in [0.1, 0.15) is 5.54 Å². The zero-order chi connectivity index (χ0) is 14.6. The van der Waals surface area contributed by atoms with Crippen LogP contribution in [0.2, 0.25) is 0 Å². The normalized spacial score (nSPS) is 30.1. The van der Waals surface area contributed by atoms with Crippen LogP contribution in [0.25, 0.3) is 0 Å². The van der Waals surface area contributed by atoms with E-state index in [-0.39, 0.29) is 18.5 Å². The minimum absolute atomic E-state index is 0.0931. The molecule has 3 amide bonds. The molecule has 0 radical (unpaired) electrons. The summed E-state index contributed by atoms with van der Waals surface area (Å²) in [6, 6.07) is -0.216.